The minimum Gasteiger partial charge on any atom is -0.363 e. The molecule has 3 unspecified atom stereocenters. The Kier molecular flexibility index (Phi) is 3.33. The molecule has 1 heterocycles. The third kappa shape index (κ3) is 2.67. The molecule has 0 amide bonds. The van der Waals surface area contributed by atoms with Gasteiger partial charge in [-0.3, -0.25) is 4.79 Å². The molecule has 2 aliphatic carbocycles. The number of rotatable bonds is 3. The van der Waals surface area contributed by atoms with E-state index in [1.165, 1.54) is 6.42 Å². The summed E-state index contributed by atoms with van der Waals surface area (Å²) in [7, 11) is 0. The van der Waals surface area contributed by atoms with Crippen LogP contribution in [-0.2, 0) is 0 Å². The number of hydrogen-bond donors (Lipinski definition) is 1. The van der Waals surface area contributed by atoms with E-state index in [0.717, 1.165) is 37.5 Å². The highest BCUT2D eigenvalue weighted by molar-refractivity contribution is 5.33. The third-order valence-corrected chi connectivity index (χ3v) is 4.75. The molecule has 0 radical (unpaired) electrons. The van der Waals surface area contributed by atoms with Crippen LogP contribution in [0.25, 0.3) is 0 Å². The SMILES string of the molecule is CC1CCC(Nc2nccn(C3CC3)c2=O)CC1C. The number of nitrogens with zero attached hydrogens (tertiary/aromatic N) is 2. The first kappa shape index (κ1) is 12.7. The maximum atomic E-state index is 12.3. The molecular formula is C15H23N3O. The molecule has 0 aliphatic heterocycles. The normalized spacial score (nSPS) is 31.2. The van der Waals surface area contributed by atoms with Crippen LogP contribution in [0.4, 0.5) is 5.82 Å². The molecule has 0 spiro atoms. The van der Waals surface area contributed by atoms with Crippen molar-refractivity contribution >= 4 is 5.82 Å². The van der Waals surface area contributed by atoms with Crippen LogP contribution < -0.4 is 10.9 Å². The highest BCUT2D eigenvalue weighted by atomic mass is 16.1. The molecule has 1 aromatic heterocycles. The van der Waals surface area contributed by atoms with Gasteiger partial charge in [-0.15, -0.1) is 0 Å². The second kappa shape index (κ2) is 4.99. The van der Waals surface area contributed by atoms with Gasteiger partial charge in [-0.05, 0) is 43.9 Å². The van der Waals surface area contributed by atoms with Crippen molar-refractivity contribution in [3.63, 3.8) is 0 Å². The van der Waals surface area contributed by atoms with Gasteiger partial charge in [-0.25, -0.2) is 4.98 Å². The molecule has 4 nitrogen and oxygen atoms in total. The molecule has 1 aromatic rings. The number of nitrogens with one attached hydrogen (secondary N) is 1. The predicted octanol–water partition coefficient (Wildman–Crippen LogP) is 2.81. The van der Waals surface area contributed by atoms with Gasteiger partial charge in [-0.2, -0.15) is 0 Å². The van der Waals surface area contributed by atoms with Crippen LogP contribution in [0, 0.1) is 11.8 Å². The van der Waals surface area contributed by atoms with Crippen molar-refractivity contribution in [2.75, 3.05) is 5.32 Å². The summed E-state index contributed by atoms with van der Waals surface area (Å²) in [6.07, 6.45) is 9.34. The van der Waals surface area contributed by atoms with Gasteiger partial charge in [0.25, 0.3) is 5.56 Å². The van der Waals surface area contributed by atoms with Gasteiger partial charge in [0.2, 0.25) is 0 Å². The Balaban J connectivity index is 1.73. The smallest absolute Gasteiger partial charge is 0.293 e. The molecule has 0 aromatic carbocycles. The summed E-state index contributed by atoms with van der Waals surface area (Å²) in [6.45, 7) is 4.63. The zero-order valence-electron chi connectivity index (χ0n) is 11.8. The number of anilines is 1. The number of hydrogen-bond acceptors (Lipinski definition) is 3. The van der Waals surface area contributed by atoms with Crippen LogP contribution in [0.3, 0.4) is 0 Å². The van der Waals surface area contributed by atoms with Crippen LogP contribution in [0.15, 0.2) is 17.2 Å². The average molecular weight is 261 g/mol. The molecule has 2 fully saturated rings. The Hall–Kier alpha value is -1.32. The van der Waals surface area contributed by atoms with E-state index < -0.39 is 0 Å². The molecule has 2 saturated carbocycles. The van der Waals surface area contributed by atoms with Crippen LogP contribution in [-0.4, -0.2) is 15.6 Å². The zero-order chi connectivity index (χ0) is 13.4. The van der Waals surface area contributed by atoms with E-state index in [0.29, 0.717) is 17.9 Å². The molecule has 1 N–H and O–H groups in total. The van der Waals surface area contributed by atoms with Crippen molar-refractivity contribution in [3.05, 3.63) is 22.7 Å². The van der Waals surface area contributed by atoms with Gasteiger partial charge in [-0.1, -0.05) is 13.8 Å². The van der Waals surface area contributed by atoms with Gasteiger partial charge in [0.05, 0.1) is 0 Å². The summed E-state index contributed by atoms with van der Waals surface area (Å²) in [5, 5.41) is 3.38. The first-order chi connectivity index (χ1) is 9.15. The number of aromatic nitrogens is 2. The van der Waals surface area contributed by atoms with Crippen LogP contribution in [0.2, 0.25) is 0 Å². The second-order valence-corrected chi connectivity index (χ2v) is 6.33. The lowest BCUT2D eigenvalue weighted by atomic mass is 9.79. The fraction of sp³-hybridized carbons (Fsp3) is 0.733. The molecule has 0 saturated heterocycles. The molecule has 0 bridgehead atoms. The third-order valence-electron chi connectivity index (χ3n) is 4.75. The Morgan fingerprint density at radius 1 is 1.21 bits per heavy atom. The Morgan fingerprint density at radius 2 is 2.00 bits per heavy atom. The van der Waals surface area contributed by atoms with Crippen molar-refractivity contribution in [1.82, 2.24) is 9.55 Å². The van der Waals surface area contributed by atoms with Crippen molar-refractivity contribution in [3.8, 4) is 0 Å². The van der Waals surface area contributed by atoms with Crippen molar-refractivity contribution in [1.29, 1.82) is 0 Å². The molecule has 104 valence electrons. The van der Waals surface area contributed by atoms with Crippen LogP contribution in [0.1, 0.15) is 52.0 Å². The van der Waals surface area contributed by atoms with Gasteiger partial charge >= 0.3 is 0 Å². The van der Waals surface area contributed by atoms with Crippen LogP contribution >= 0.6 is 0 Å². The Morgan fingerprint density at radius 3 is 2.68 bits per heavy atom. The zero-order valence-corrected chi connectivity index (χ0v) is 11.8. The minimum atomic E-state index is 0.0521. The van der Waals surface area contributed by atoms with E-state index in [2.05, 4.69) is 24.1 Å². The summed E-state index contributed by atoms with van der Waals surface area (Å²) in [6, 6.07) is 0.822. The van der Waals surface area contributed by atoms with E-state index >= 15 is 0 Å². The Bertz CT molecular complexity index is 506. The van der Waals surface area contributed by atoms with E-state index in [9.17, 15) is 4.79 Å². The topological polar surface area (TPSA) is 46.9 Å². The first-order valence-electron chi connectivity index (χ1n) is 7.49. The molecule has 4 heteroatoms. The van der Waals surface area contributed by atoms with Gasteiger partial charge in [0.1, 0.15) is 0 Å². The van der Waals surface area contributed by atoms with Gasteiger partial charge < -0.3 is 9.88 Å². The summed E-state index contributed by atoms with van der Waals surface area (Å²) in [4.78, 5) is 16.6. The first-order valence-corrected chi connectivity index (χ1v) is 7.49. The maximum Gasteiger partial charge on any atom is 0.293 e. The molecular weight excluding hydrogens is 238 g/mol. The van der Waals surface area contributed by atoms with E-state index in [1.807, 2.05) is 10.8 Å². The van der Waals surface area contributed by atoms with Crippen molar-refractivity contribution < 1.29 is 0 Å². The highest BCUT2D eigenvalue weighted by Gasteiger charge is 2.27. The minimum absolute atomic E-state index is 0.0521. The lowest BCUT2D eigenvalue weighted by Crippen LogP contribution is -2.34. The maximum absolute atomic E-state index is 12.3. The van der Waals surface area contributed by atoms with Gasteiger partial charge in [0, 0.05) is 24.5 Å². The standard InChI is InChI=1S/C15H23N3O/c1-10-3-4-12(9-11(10)2)17-14-15(19)18(8-7-16-14)13-5-6-13/h7-8,10-13H,3-6,9H2,1-2H3,(H,16,17). The lowest BCUT2D eigenvalue weighted by molar-refractivity contribution is 0.260. The fourth-order valence-electron chi connectivity index (χ4n) is 3.04. The summed E-state index contributed by atoms with van der Waals surface area (Å²) < 4.78 is 1.84. The fourth-order valence-corrected chi connectivity index (χ4v) is 3.04. The van der Waals surface area contributed by atoms with Crippen LogP contribution in [0.5, 0.6) is 0 Å². The monoisotopic (exact) mass is 261 g/mol. The molecule has 19 heavy (non-hydrogen) atoms. The summed E-state index contributed by atoms with van der Waals surface area (Å²) in [5.74, 6) is 2.06. The van der Waals surface area contributed by atoms with E-state index in [1.54, 1.807) is 6.20 Å². The predicted molar refractivity (Wildman–Crippen MR) is 76.4 cm³/mol. The summed E-state index contributed by atoms with van der Waals surface area (Å²) in [5.41, 5.74) is 0.0521. The van der Waals surface area contributed by atoms with Crippen molar-refractivity contribution in [2.24, 2.45) is 11.8 Å². The second-order valence-electron chi connectivity index (χ2n) is 6.33. The summed E-state index contributed by atoms with van der Waals surface area (Å²) >= 11 is 0. The highest BCUT2D eigenvalue weighted by Crippen LogP contribution is 2.33. The molecule has 3 atom stereocenters. The van der Waals surface area contributed by atoms with Crippen molar-refractivity contribution in [2.45, 2.75) is 58.0 Å². The van der Waals surface area contributed by atoms with E-state index in [4.69, 9.17) is 0 Å². The molecule has 2 aliphatic rings. The van der Waals surface area contributed by atoms with Gasteiger partial charge in [0.15, 0.2) is 5.82 Å². The lowest BCUT2D eigenvalue weighted by Gasteiger charge is -2.32. The quantitative estimate of drug-likeness (QED) is 0.910. The Labute approximate surface area is 114 Å². The largest absolute Gasteiger partial charge is 0.363 e. The molecule has 3 rings (SSSR count). The average Bonchev–Trinajstić information content (AvgIpc) is 3.21. The van der Waals surface area contributed by atoms with E-state index in [-0.39, 0.29) is 5.56 Å².